The molecule has 23 heavy (non-hydrogen) atoms. The predicted octanol–water partition coefficient (Wildman–Crippen LogP) is 2.89. The first-order valence-corrected chi connectivity index (χ1v) is 8.36. The van der Waals surface area contributed by atoms with Gasteiger partial charge in [0.15, 0.2) is 0 Å². The molecule has 1 aliphatic rings. The van der Waals surface area contributed by atoms with Gasteiger partial charge in [0.2, 0.25) is 5.91 Å². The summed E-state index contributed by atoms with van der Waals surface area (Å²) in [6.07, 6.45) is 0.983. The number of urea groups is 1. The molecule has 0 bridgehead atoms. The molecule has 1 heterocycles. The maximum absolute atomic E-state index is 12.6. The molecule has 1 aliphatic heterocycles. The van der Waals surface area contributed by atoms with Gasteiger partial charge in [-0.1, -0.05) is 29.8 Å². The summed E-state index contributed by atoms with van der Waals surface area (Å²) in [6.45, 7) is 5.24. The van der Waals surface area contributed by atoms with Crippen LogP contribution in [0.1, 0.15) is 33.6 Å². The summed E-state index contributed by atoms with van der Waals surface area (Å²) in [5, 5.41) is 5.44. The number of imide groups is 1. The molecule has 2 N–H and O–H groups in total. The Morgan fingerprint density at radius 3 is 2.30 bits per heavy atom. The number of benzene rings is 1. The van der Waals surface area contributed by atoms with E-state index in [4.69, 9.17) is 0 Å². The van der Waals surface area contributed by atoms with Crippen LogP contribution in [0.3, 0.4) is 0 Å². The van der Waals surface area contributed by atoms with Crippen LogP contribution in [0.15, 0.2) is 28.7 Å². The lowest BCUT2D eigenvalue weighted by Gasteiger charge is -2.25. The summed E-state index contributed by atoms with van der Waals surface area (Å²) in [5.41, 5.74) is -0.294. The molecule has 1 atom stereocenters. The van der Waals surface area contributed by atoms with Crippen LogP contribution < -0.4 is 10.6 Å². The van der Waals surface area contributed by atoms with Gasteiger partial charge in [-0.05, 0) is 44.0 Å². The van der Waals surface area contributed by atoms with E-state index in [9.17, 15) is 14.4 Å². The van der Waals surface area contributed by atoms with E-state index in [0.717, 1.165) is 9.37 Å². The summed E-state index contributed by atoms with van der Waals surface area (Å²) in [4.78, 5) is 38.1. The summed E-state index contributed by atoms with van der Waals surface area (Å²) in [7, 11) is 0. The summed E-state index contributed by atoms with van der Waals surface area (Å²) >= 11 is 3.32. The van der Waals surface area contributed by atoms with Crippen LogP contribution in [0.4, 0.5) is 10.5 Å². The Hall–Kier alpha value is -1.89. The Kier molecular flexibility index (Phi) is 5.09. The number of nitrogens with one attached hydrogen (secondary N) is 2. The van der Waals surface area contributed by atoms with Crippen molar-refractivity contribution in [1.29, 1.82) is 0 Å². The van der Waals surface area contributed by atoms with Gasteiger partial charge in [0.1, 0.15) is 11.6 Å². The van der Waals surface area contributed by atoms with E-state index in [0.29, 0.717) is 18.5 Å². The minimum Gasteiger partial charge on any atom is -0.324 e. The van der Waals surface area contributed by atoms with Crippen molar-refractivity contribution in [3.8, 4) is 0 Å². The van der Waals surface area contributed by atoms with E-state index in [-0.39, 0.29) is 5.91 Å². The third-order valence-electron chi connectivity index (χ3n) is 4.28. The maximum Gasteiger partial charge on any atom is 0.325 e. The molecule has 2 rings (SSSR count). The summed E-state index contributed by atoms with van der Waals surface area (Å²) in [6, 6.07) is 5.68. The van der Waals surface area contributed by atoms with Crippen molar-refractivity contribution in [3.63, 3.8) is 0 Å². The van der Waals surface area contributed by atoms with Crippen LogP contribution >= 0.6 is 15.9 Å². The highest BCUT2D eigenvalue weighted by atomic mass is 79.9. The quantitative estimate of drug-likeness (QED) is 0.769. The lowest BCUT2D eigenvalue weighted by molar-refractivity contribution is -0.136. The number of nitrogens with zero attached hydrogens (tertiary/aromatic N) is 1. The summed E-state index contributed by atoms with van der Waals surface area (Å²) < 4.78 is 0.897. The number of hydrogen-bond acceptors (Lipinski definition) is 3. The highest BCUT2D eigenvalue weighted by Gasteiger charge is 2.51. The standard InChI is InChI=1S/C16H20BrN3O3/c1-4-16(5-2)14(22)20(15(23)19-16)10(3)13(21)18-12-8-6-11(17)7-9-12/h6-10H,4-5H2,1-3H3,(H,18,21)(H,19,23). The number of rotatable bonds is 5. The largest absolute Gasteiger partial charge is 0.325 e. The van der Waals surface area contributed by atoms with Gasteiger partial charge in [0.25, 0.3) is 5.91 Å². The van der Waals surface area contributed by atoms with E-state index in [2.05, 4.69) is 26.6 Å². The van der Waals surface area contributed by atoms with Crippen LogP contribution in [0.2, 0.25) is 0 Å². The molecule has 1 fully saturated rings. The second-order valence-corrected chi connectivity index (χ2v) is 6.48. The second kappa shape index (κ2) is 6.70. The fourth-order valence-corrected chi connectivity index (χ4v) is 2.88. The van der Waals surface area contributed by atoms with Gasteiger partial charge in [0.05, 0.1) is 0 Å². The topological polar surface area (TPSA) is 78.5 Å². The number of carbonyl (C=O) groups excluding carboxylic acids is 3. The van der Waals surface area contributed by atoms with Crippen molar-refractivity contribution in [2.24, 2.45) is 0 Å². The minimum absolute atomic E-state index is 0.342. The Morgan fingerprint density at radius 1 is 1.26 bits per heavy atom. The average molecular weight is 382 g/mol. The molecule has 6 nitrogen and oxygen atoms in total. The van der Waals surface area contributed by atoms with Crippen LogP contribution in [-0.2, 0) is 9.59 Å². The van der Waals surface area contributed by atoms with Crippen molar-refractivity contribution in [2.75, 3.05) is 5.32 Å². The number of halogens is 1. The first kappa shape index (κ1) is 17.5. The molecule has 4 amide bonds. The maximum atomic E-state index is 12.6. The first-order valence-electron chi connectivity index (χ1n) is 7.57. The zero-order valence-corrected chi connectivity index (χ0v) is 14.9. The minimum atomic E-state index is -0.900. The van der Waals surface area contributed by atoms with E-state index in [1.54, 1.807) is 31.2 Å². The van der Waals surface area contributed by atoms with Gasteiger partial charge in [-0.25, -0.2) is 9.69 Å². The molecule has 1 saturated heterocycles. The molecular weight excluding hydrogens is 362 g/mol. The van der Waals surface area contributed by atoms with Gasteiger partial charge < -0.3 is 10.6 Å². The lowest BCUT2D eigenvalue weighted by Crippen LogP contribution is -2.49. The Labute approximate surface area is 143 Å². The van der Waals surface area contributed by atoms with Crippen LogP contribution in [0.5, 0.6) is 0 Å². The van der Waals surface area contributed by atoms with Gasteiger partial charge in [-0.3, -0.25) is 9.59 Å². The van der Waals surface area contributed by atoms with Gasteiger partial charge in [-0.2, -0.15) is 0 Å². The fourth-order valence-electron chi connectivity index (χ4n) is 2.62. The number of carbonyl (C=O) groups is 3. The SMILES string of the molecule is CCC1(CC)NC(=O)N(C(C)C(=O)Nc2ccc(Br)cc2)C1=O. The molecule has 1 aromatic rings. The predicted molar refractivity (Wildman–Crippen MR) is 90.9 cm³/mol. The lowest BCUT2D eigenvalue weighted by atomic mass is 9.93. The Morgan fingerprint density at radius 2 is 1.83 bits per heavy atom. The highest BCUT2D eigenvalue weighted by Crippen LogP contribution is 2.26. The molecule has 0 spiro atoms. The molecule has 124 valence electrons. The average Bonchev–Trinajstić information content (AvgIpc) is 2.79. The van der Waals surface area contributed by atoms with Crippen LogP contribution in [0, 0.1) is 0 Å². The molecular formula is C16H20BrN3O3. The normalized spacial score (nSPS) is 17.8. The summed E-state index contributed by atoms with van der Waals surface area (Å²) in [5.74, 6) is -0.746. The van der Waals surface area contributed by atoms with E-state index in [1.165, 1.54) is 0 Å². The smallest absolute Gasteiger partial charge is 0.324 e. The molecule has 0 aliphatic carbocycles. The third kappa shape index (κ3) is 3.24. The molecule has 1 aromatic carbocycles. The zero-order chi connectivity index (χ0) is 17.2. The van der Waals surface area contributed by atoms with Gasteiger partial charge in [0, 0.05) is 10.2 Å². The highest BCUT2D eigenvalue weighted by molar-refractivity contribution is 9.10. The number of amides is 4. The monoisotopic (exact) mass is 381 g/mol. The van der Waals surface area contributed by atoms with E-state index < -0.39 is 23.5 Å². The zero-order valence-electron chi connectivity index (χ0n) is 13.4. The number of anilines is 1. The van der Waals surface area contributed by atoms with E-state index >= 15 is 0 Å². The van der Waals surface area contributed by atoms with Crippen molar-refractivity contribution >= 4 is 39.5 Å². The van der Waals surface area contributed by atoms with Crippen LogP contribution in [0.25, 0.3) is 0 Å². The van der Waals surface area contributed by atoms with Gasteiger partial charge in [-0.15, -0.1) is 0 Å². The molecule has 0 radical (unpaired) electrons. The fraction of sp³-hybridized carbons (Fsp3) is 0.438. The molecule has 7 heteroatoms. The third-order valence-corrected chi connectivity index (χ3v) is 4.81. The Balaban J connectivity index is 2.14. The van der Waals surface area contributed by atoms with Crippen LogP contribution in [-0.4, -0.2) is 34.3 Å². The molecule has 0 saturated carbocycles. The van der Waals surface area contributed by atoms with Gasteiger partial charge >= 0.3 is 6.03 Å². The van der Waals surface area contributed by atoms with Crippen molar-refractivity contribution in [3.05, 3.63) is 28.7 Å². The Bertz CT molecular complexity index is 626. The molecule has 1 unspecified atom stereocenters. The van der Waals surface area contributed by atoms with Crippen molar-refractivity contribution in [1.82, 2.24) is 10.2 Å². The van der Waals surface area contributed by atoms with Crippen molar-refractivity contribution < 1.29 is 14.4 Å². The van der Waals surface area contributed by atoms with Crippen molar-refractivity contribution in [2.45, 2.75) is 45.2 Å². The molecule has 0 aromatic heterocycles. The van der Waals surface area contributed by atoms with E-state index in [1.807, 2.05) is 13.8 Å². The number of hydrogen-bond donors (Lipinski definition) is 2. The first-order chi connectivity index (χ1) is 10.8. The second-order valence-electron chi connectivity index (χ2n) is 5.57.